The van der Waals surface area contributed by atoms with Gasteiger partial charge in [-0.2, -0.15) is 9.36 Å². The van der Waals surface area contributed by atoms with E-state index in [1.807, 2.05) is 13.8 Å². The summed E-state index contributed by atoms with van der Waals surface area (Å²) in [6.07, 6.45) is 0.648. The molecule has 0 spiro atoms. The van der Waals surface area contributed by atoms with Gasteiger partial charge in [0.05, 0.1) is 13.6 Å². The van der Waals surface area contributed by atoms with Gasteiger partial charge in [0.25, 0.3) is 5.91 Å². The van der Waals surface area contributed by atoms with E-state index in [1.165, 1.54) is 33.5 Å². The summed E-state index contributed by atoms with van der Waals surface area (Å²) >= 11 is 0. The topological polar surface area (TPSA) is 85.5 Å². The monoisotopic (exact) mass is 422 g/mol. The van der Waals surface area contributed by atoms with Crippen LogP contribution in [0.15, 0.2) is 29.0 Å². The third-order valence-corrected chi connectivity index (χ3v) is 5.49. The van der Waals surface area contributed by atoms with Gasteiger partial charge in [-0.15, -0.1) is 0 Å². The van der Waals surface area contributed by atoms with Crippen LogP contribution in [0.1, 0.15) is 21.6 Å². The van der Waals surface area contributed by atoms with Crippen LogP contribution in [0, 0.1) is 11.7 Å². The summed E-state index contributed by atoms with van der Waals surface area (Å²) in [4.78, 5) is 28.6. The minimum absolute atomic E-state index is 0.0542. The van der Waals surface area contributed by atoms with Gasteiger partial charge >= 0.3 is 5.69 Å². The van der Waals surface area contributed by atoms with E-state index in [9.17, 15) is 14.0 Å². The van der Waals surface area contributed by atoms with Gasteiger partial charge in [0.15, 0.2) is 0 Å². The molecule has 3 rings (SSSR count). The maximum Gasteiger partial charge on any atom is 0.363 e. The molecular formula is C20H29FN6O3. The lowest BCUT2D eigenvalue weighted by atomic mass is 9.91. The van der Waals surface area contributed by atoms with E-state index in [4.69, 9.17) is 6.11 Å². The molecule has 1 saturated heterocycles. The Kier molecular flexibility index (Phi) is 6.85. The molecule has 1 aromatic carbocycles. The van der Waals surface area contributed by atoms with Crippen LogP contribution in [-0.2, 0) is 22.6 Å². The van der Waals surface area contributed by atoms with Crippen LogP contribution in [0.3, 0.4) is 0 Å². The summed E-state index contributed by atoms with van der Waals surface area (Å²) in [5.41, 5.74) is -0.0545. The number of carbonyl (C=O) groups excluding carboxylic acids is 1. The zero-order valence-corrected chi connectivity index (χ0v) is 17.6. The second kappa shape index (κ2) is 9.94. The Balaban J connectivity index is 1.71. The fourth-order valence-electron chi connectivity index (χ4n) is 3.98. The number of benzene rings is 1. The number of aromatic nitrogens is 4. The molecular weight excluding hydrogens is 391 g/mol. The Morgan fingerprint density at radius 3 is 2.77 bits per heavy atom. The number of likely N-dealkylation sites (tertiary alicyclic amines) is 1. The van der Waals surface area contributed by atoms with Gasteiger partial charge in [0.1, 0.15) is 12.4 Å². The van der Waals surface area contributed by atoms with Crippen molar-refractivity contribution in [1.29, 1.82) is 0 Å². The highest BCUT2D eigenvalue weighted by Gasteiger charge is 2.35. The molecule has 1 fully saturated rings. The van der Waals surface area contributed by atoms with Crippen molar-refractivity contribution in [2.24, 2.45) is 5.92 Å². The summed E-state index contributed by atoms with van der Waals surface area (Å²) in [5.74, 6) is -0.843. The number of nitrogens with zero attached hydrogens (tertiary/aromatic N) is 6. The fraction of sp³-hybridized carbons (Fsp3) is 0.600. The minimum atomic E-state index is -0.593. The number of amides is 1. The van der Waals surface area contributed by atoms with Crippen molar-refractivity contribution in [2.75, 3.05) is 38.3 Å². The van der Waals surface area contributed by atoms with E-state index in [0.717, 1.165) is 6.07 Å². The SMILES string of the molecule is [3H]c1ccc(N(C(=O)COC)[C@H]2CCN(CCn3nnn(CC)c3=O)C[C@H]2C)c(F)c1. The number of para-hydroxylation sites is 1. The molecule has 1 aromatic heterocycles. The smallest absolute Gasteiger partial charge is 0.363 e. The normalized spacial score (nSPS) is 20.2. The van der Waals surface area contributed by atoms with Gasteiger partial charge in [0.2, 0.25) is 0 Å². The number of hydrogen-bond acceptors (Lipinski definition) is 6. The predicted octanol–water partition coefficient (Wildman–Crippen LogP) is 0.989. The van der Waals surface area contributed by atoms with E-state index in [2.05, 4.69) is 15.3 Å². The molecule has 1 aliphatic rings. The lowest BCUT2D eigenvalue weighted by Crippen LogP contribution is -2.54. The number of halogens is 1. The third kappa shape index (κ3) is 4.76. The molecule has 0 radical (unpaired) electrons. The van der Waals surface area contributed by atoms with E-state index in [-0.39, 0.29) is 41.9 Å². The van der Waals surface area contributed by atoms with Crippen LogP contribution in [-0.4, -0.2) is 70.0 Å². The first kappa shape index (κ1) is 20.7. The first-order chi connectivity index (χ1) is 14.8. The van der Waals surface area contributed by atoms with Gasteiger partial charge < -0.3 is 14.5 Å². The number of piperidine rings is 1. The summed E-state index contributed by atoms with van der Waals surface area (Å²) in [7, 11) is 1.43. The van der Waals surface area contributed by atoms with Gasteiger partial charge in [-0.05, 0) is 41.8 Å². The van der Waals surface area contributed by atoms with E-state index < -0.39 is 5.82 Å². The average Bonchev–Trinajstić information content (AvgIpc) is 3.09. The number of hydrogen-bond donors (Lipinski definition) is 0. The molecule has 0 bridgehead atoms. The molecule has 2 aromatic rings. The Morgan fingerprint density at radius 2 is 2.13 bits per heavy atom. The summed E-state index contributed by atoms with van der Waals surface area (Å²) in [6.45, 7) is 6.64. The highest BCUT2D eigenvalue weighted by molar-refractivity contribution is 5.95. The van der Waals surface area contributed by atoms with E-state index in [0.29, 0.717) is 39.1 Å². The van der Waals surface area contributed by atoms with Crippen molar-refractivity contribution < 1.29 is 15.3 Å². The maximum absolute atomic E-state index is 14.6. The molecule has 2 heterocycles. The molecule has 0 aliphatic carbocycles. The summed E-state index contributed by atoms with van der Waals surface area (Å²) < 4.78 is 29.9. The first-order valence-corrected chi connectivity index (χ1v) is 10.2. The Labute approximate surface area is 176 Å². The van der Waals surface area contributed by atoms with Crippen LogP contribution >= 0.6 is 0 Å². The Morgan fingerprint density at radius 1 is 1.37 bits per heavy atom. The van der Waals surface area contributed by atoms with Crippen LogP contribution in [0.4, 0.5) is 10.1 Å². The number of rotatable bonds is 8. The summed E-state index contributed by atoms with van der Waals surface area (Å²) in [5, 5.41) is 7.73. The summed E-state index contributed by atoms with van der Waals surface area (Å²) in [6, 6.07) is 3.93. The van der Waals surface area contributed by atoms with E-state index >= 15 is 0 Å². The van der Waals surface area contributed by atoms with Crippen molar-refractivity contribution >= 4 is 11.6 Å². The van der Waals surface area contributed by atoms with Crippen molar-refractivity contribution in [2.45, 2.75) is 39.4 Å². The lowest BCUT2D eigenvalue weighted by Gasteiger charge is -2.42. The molecule has 30 heavy (non-hydrogen) atoms. The molecule has 1 aliphatic heterocycles. The van der Waals surface area contributed by atoms with Gasteiger partial charge in [0, 0.05) is 39.3 Å². The van der Waals surface area contributed by atoms with Gasteiger partial charge in [-0.1, -0.05) is 19.0 Å². The zero-order chi connectivity index (χ0) is 22.5. The largest absolute Gasteiger partial charge is 0.375 e. The number of ether oxygens (including phenoxy) is 1. The third-order valence-electron chi connectivity index (χ3n) is 5.49. The van der Waals surface area contributed by atoms with Crippen molar-refractivity contribution in [3.05, 3.63) is 40.5 Å². The fourth-order valence-corrected chi connectivity index (χ4v) is 3.98. The average molecular weight is 422 g/mol. The molecule has 164 valence electrons. The van der Waals surface area contributed by atoms with Crippen molar-refractivity contribution in [3.8, 4) is 0 Å². The highest BCUT2D eigenvalue weighted by atomic mass is 19.1. The Hall–Kier alpha value is -2.59. The van der Waals surface area contributed by atoms with Gasteiger partial charge in [-0.3, -0.25) is 4.79 Å². The molecule has 2 atom stereocenters. The second-order valence-corrected chi connectivity index (χ2v) is 7.51. The number of carbonyl (C=O) groups is 1. The maximum atomic E-state index is 14.6. The van der Waals surface area contributed by atoms with E-state index in [1.54, 1.807) is 0 Å². The zero-order valence-electron chi connectivity index (χ0n) is 18.6. The highest BCUT2D eigenvalue weighted by Crippen LogP contribution is 2.29. The number of methoxy groups -OCH3 is 1. The molecule has 10 heteroatoms. The van der Waals surface area contributed by atoms with Crippen LogP contribution in [0.5, 0.6) is 0 Å². The lowest BCUT2D eigenvalue weighted by molar-refractivity contribution is -0.123. The van der Waals surface area contributed by atoms with Crippen LogP contribution in [0.2, 0.25) is 0 Å². The second-order valence-electron chi connectivity index (χ2n) is 7.51. The quantitative estimate of drug-likeness (QED) is 0.631. The standard InChI is InChI=1S/C20H29FN6O3/c1-4-25-20(29)26(23-22-25)12-11-24-10-9-17(15(2)13-24)27(19(28)14-30-3)18-8-6-5-7-16(18)21/h5-8,15,17H,4,9-14H2,1-3H3/t15-,17+/m1/s1/i5T. The predicted molar refractivity (Wildman–Crippen MR) is 110 cm³/mol. The number of anilines is 1. The van der Waals surface area contributed by atoms with Gasteiger partial charge in [-0.25, -0.2) is 9.18 Å². The number of tetrazole rings is 1. The molecule has 0 unspecified atom stereocenters. The Bertz CT molecular complexity index is 965. The molecule has 9 nitrogen and oxygen atoms in total. The molecule has 1 amide bonds. The molecule has 0 N–H and O–H groups in total. The molecule has 0 saturated carbocycles. The number of aryl methyl sites for hydroxylation is 1. The van der Waals surface area contributed by atoms with Crippen LogP contribution in [0.25, 0.3) is 0 Å². The van der Waals surface area contributed by atoms with Crippen molar-refractivity contribution in [3.63, 3.8) is 0 Å². The first-order valence-electron chi connectivity index (χ1n) is 10.7. The minimum Gasteiger partial charge on any atom is -0.375 e. The van der Waals surface area contributed by atoms with Crippen LogP contribution < -0.4 is 10.6 Å². The van der Waals surface area contributed by atoms with Crippen molar-refractivity contribution in [1.82, 2.24) is 24.7 Å².